The van der Waals surface area contributed by atoms with Gasteiger partial charge in [0.25, 0.3) is 5.91 Å². The van der Waals surface area contributed by atoms with Crippen molar-refractivity contribution in [1.82, 2.24) is 5.32 Å². The number of hydrogen-bond acceptors (Lipinski definition) is 3. The zero-order valence-electron chi connectivity index (χ0n) is 9.16. The average molecular weight is 221 g/mol. The monoisotopic (exact) mass is 221 g/mol. The van der Waals surface area contributed by atoms with Gasteiger partial charge in [0.1, 0.15) is 11.5 Å². The molecule has 86 valence electrons. The number of phenols is 2. The molecule has 1 aliphatic rings. The number of phenolic OH excluding ortho intramolecular Hbond substituents is 2. The van der Waals surface area contributed by atoms with E-state index in [0.717, 1.165) is 12.8 Å². The van der Waals surface area contributed by atoms with Gasteiger partial charge in [0, 0.05) is 12.6 Å². The SMILES string of the molecule is CNC(=O)c1ccc(O)c(CC2CC2)c1O. The number of benzene rings is 1. The Morgan fingerprint density at radius 1 is 1.44 bits per heavy atom. The summed E-state index contributed by atoms with van der Waals surface area (Å²) in [5.41, 5.74) is 0.708. The summed E-state index contributed by atoms with van der Waals surface area (Å²) in [4.78, 5) is 11.4. The second kappa shape index (κ2) is 4.04. The first kappa shape index (κ1) is 10.8. The van der Waals surface area contributed by atoms with Crippen molar-refractivity contribution in [1.29, 1.82) is 0 Å². The van der Waals surface area contributed by atoms with Crippen LogP contribution in [-0.2, 0) is 6.42 Å². The van der Waals surface area contributed by atoms with Gasteiger partial charge in [-0.05, 0) is 37.3 Å². The third kappa shape index (κ3) is 1.96. The molecule has 3 N–H and O–H groups in total. The van der Waals surface area contributed by atoms with Gasteiger partial charge in [-0.15, -0.1) is 0 Å². The Morgan fingerprint density at radius 3 is 2.69 bits per heavy atom. The van der Waals surface area contributed by atoms with E-state index >= 15 is 0 Å². The van der Waals surface area contributed by atoms with Gasteiger partial charge >= 0.3 is 0 Å². The zero-order chi connectivity index (χ0) is 11.7. The van der Waals surface area contributed by atoms with Crippen molar-refractivity contribution >= 4 is 5.91 Å². The van der Waals surface area contributed by atoms with Crippen LogP contribution in [0.15, 0.2) is 12.1 Å². The van der Waals surface area contributed by atoms with E-state index in [1.54, 1.807) is 0 Å². The topological polar surface area (TPSA) is 69.6 Å². The van der Waals surface area contributed by atoms with Crippen molar-refractivity contribution in [3.63, 3.8) is 0 Å². The smallest absolute Gasteiger partial charge is 0.254 e. The lowest BCUT2D eigenvalue weighted by atomic mass is 10.0. The van der Waals surface area contributed by atoms with Gasteiger partial charge in [-0.25, -0.2) is 0 Å². The molecule has 1 amide bonds. The summed E-state index contributed by atoms with van der Waals surface area (Å²) in [5, 5.41) is 22.0. The van der Waals surface area contributed by atoms with Crippen molar-refractivity contribution < 1.29 is 15.0 Å². The predicted molar refractivity (Wildman–Crippen MR) is 59.6 cm³/mol. The van der Waals surface area contributed by atoms with E-state index in [0.29, 0.717) is 17.9 Å². The number of carbonyl (C=O) groups is 1. The fourth-order valence-electron chi connectivity index (χ4n) is 1.76. The average Bonchev–Trinajstić information content (AvgIpc) is 3.07. The highest BCUT2D eigenvalue weighted by Crippen LogP contribution is 2.39. The molecule has 0 aliphatic heterocycles. The molecule has 1 saturated carbocycles. The second-order valence-electron chi connectivity index (χ2n) is 4.19. The van der Waals surface area contributed by atoms with Gasteiger partial charge in [-0.2, -0.15) is 0 Å². The van der Waals surface area contributed by atoms with E-state index in [4.69, 9.17) is 0 Å². The minimum absolute atomic E-state index is 0.0667. The number of nitrogens with one attached hydrogen (secondary N) is 1. The van der Waals surface area contributed by atoms with Crippen LogP contribution in [0, 0.1) is 5.92 Å². The van der Waals surface area contributed by atoms with Gasteiger partial charge in [-0.1, -0.05) is 0 Å². The summed E-state index contributed by atoms with van der Waals surface area (Å²) >= 11 is 0. The molecule has 0 heterocycles. The van der Waals surface area contributed by atoms with Gasteiger partial charge in [0.05, 0.1) is 5.56 Å². The van der Waals surface area contributed by atoms with Crippen LogP contribution in [0.1, 0.15) is 28.8 Å². The maximum atomic E-state index is 11.4. The Morgan fingerprint density at radius 2 is 2.12 bits per heavy atom. The van der Waals surface area contributed by atoms with Gasteiger partial charge < -0.3 is 15.5 Å². The quantitative estimate of drug-likeness (QED) is 0.722. The molecule has 0 unspecified atom stereocenters. The van der Waals surface area contributed by atoms with Crippen molar-refractivity contribution in [3.8, 4) is 11.5 Å². The molecule has 0 saturated heterocycles. The molecule has 0 aromatic heterocycles. The summed E-state index contributed by atoms with van der Waals surface area (Å²) < 4.78 is 0. The van der Waals surface area contributed by atoms with Crippen LogP contribution in [0.4, 0.5) is 0 Å². The first-order chi connectivity index (χ1) is 7.63. The molecule has 2 rings (SSSR count). The van der Waals surface area contributed by atoms with E-state index in [2.05, 4.69) is 5.32 Å². The first-order valence-electron chi connectivity index (χ1n) is 5.39. The Balaban J connectivity index is 2.37. The molecule has 0 spiro atoms. The van der Waals surface area contributed by atoms with Gasteiger partial charge in [0.2, 0.25) is 0 Å². The van der Waals surface area contributed by atoms with E-state index in [1.165, 1.54) is 19.2 Å². The lowest BCUT2D eigenvalue weighted by Crippen LogP contribution is -2.18. The third-order valence-electron chi connectivity index (χ3n) is 2.92. The van der Waals surface area contributed by atoms with Crippen LogP contribution < -0.4 is 5.32 Å². The van der Waals surface area contributed by atoms with Crippen molar-refractivity contribution in [3.05, 3.63) is 23.3 Å². The number of rotatable bonds is 3. The molecule has 4 nitrogen and oxygen atoms in total. The standard InChI is InChI=1S/C12H15NO3/c1-13-12(16)8-4-5-10(14)9(11(8)15)6-7-2-3-7/h4-5,7,14-15H,2-3,6H2,1H3,(H,13,16). The fraction of sp³-hybridized carbons (Fsp3) is 0.417. The second-order valence-corrected chi connectivity index (χ2v) is 4.19. The summed E-state index contributed by atoms with van der Waals surface area (Å²) in [6.07, 6.45) is 2.90. The van der Waals surface area contributed by atoms with Crippen molar-refractivity contribution in [2.45, 2.75) is 19.3 Å². The maximum absolute atomic E-state index is 11.4. The van der Waals surface area contributed by atoms with Gasteiger partial charge in [-0.3, -0.25) is 4.79 Å². The van der Waals surface area contributed by atoms with E-state index in [-0.39, 0.29) is 23.0 Å². The largest absolute Gasteiger partial charge is 0.508 e. The van der Waals surface area contributed by atoms with Crippen molar-refractivity contribution in [2.75, 3.05) is 7.05 Å². The minimum Gasteiger partial charge on any atom is -0.508 e. The molecule has 1 aromatic rings. The van der Waals surface area contributed by atoms with E-state index in [9.17, 15) is 15.0 Å². The van der Waals surface area contributed by atoms with Crippen LogP contribution in [0.2, 0.25) is 0 Å². The molecule has 16 heavy (non-hydrogen) atoms. The third-order valence-corrected chi connectivity index (χ3v) is 2.92. The Labute approximate surface area is 93.9 Å². The van der Waals surface area contributed by atoms with Crippen molar-refractivity contribution in [2.24, 2.45) is 5.92 Å². The molecule has 1 aromatic carbocycles. The lowest BCUT2D eigenvalue weighted by molar-refractivity contribution is 0.0960. The summed E-state index contributed by atoms with van der Waals surface area (Å²) in [6.45, 7) is 0. The summed E-state index contributed by atoms with van der Waals surface area (Å²) in [5.74, 6) is 0.176. The highest BCUT2D eigenvalue weighted by atomic mass is 16.3. The summed E-state index contributed by atoms with van der Waals surface area (Å²) in [6, 6.07) is 2.89. The van der Waals surface area contributed by atoms with Crippen LogP contribution in [0.5, 0.6) is 11.5 Å². The maximum Gasteiger partial charge on any atom is 0.254 e. The molecule has 1 aliphatic carbocycles. The molecular formula is C12H15NO3. The zero-order valence-corrected chi connectivity index (χ0v) is 9.16. The molecule has 0 bridgehead atoms. The molecule has 0 atom stereocenters. The van der Waals surface area contributed by atoms with E-state index in [1.807, 2.05) is 0 Å². The number of carbonyl (C=O) groups excluding carboxylic acids is 1. The van der Waals surface area contributed by atoms with E-state index < -0.39 is 0 Å². The summed E-state index contributed by atoms with van der Waals surface area (Å²) in [7, 11) is 1.51. The number of amides is 1. The first-order valence-corrected chi connectivity index (χ1v) is 5.39. The highest BCUT2D eigenvalue weighted by molar-refractivity contribution is 5.97. The number of aromatic hydroxyl groups is 2. The van der Waals surface area contributed by atoms with Crippen LogP contribution in [-0.4, -0.2) is 23.2 Å². The predicted octanol–water partition coefficient (Wildman–Crippen LogP) is 1.41. The molecule has 0 radical (unpaired) electrons. The van der Waals surface area contributed by atoms with Crippen LogP contribution in [0.25, 0.3) is 0 Å². The molecule has 1 fully saturated rings. The molecule has 4 heteroatoms. The normalized spacial score (nSPS) is 14.8. The Kier molecular flexibility index (Phi) is 2.73. The Bertz CT molecular complexity index is 425. The van der Waals surface area contributed by atoms with Crippen LogP contribution in [0.3, 0.4) is 0 Å². The fourth-order valence-corrected chi connectivity index (χ4v) is 1.76. The number of hydrogen-bond donors (Lipinski definition) is 3. The minimum atomic E-state index is -0.338. The molecular weight excluding hydrogens is 206 g/mol. The van der Waals surface area contributed by atoms with Gasteiger partial charge in [0.15, 0.2) is 0 Å². The Hall–Kier alpha value is -1.71. The van der Waals surface area contributed by atoms with Crippen LogP contribution >= 0.6 is 0 Å². The highest BCUT2D eigenvalue weighted by Gasteiger charge is 2.26. The lowest BCUT2D eigenvalue weighted by Gasteiger charge is -2.10.